The first-order valence-corrected chi connectivity index (χ1v) is 4.61. The zero-order valence-corrected chi connectivity index (χ0v) is 6.75. The molecule has 0 spiro atoms. The lowest BCUT2D eigenvalue weighted by molar-refractivity contribution is -0.109. The molecule has 0 bridgehead atoms. The summed E-state index contributed by atoms with van der Waals surface area (Å²) in [5.41, 5.74) is 0. The largest absolute Gasteiger partial charge is 0.305 e. The third-order valence-corrected chi connectivity index (χ3v) is 3.06. The molecular formula is C9H15NO. The van der Waals surface area contributed by atoms with Gasteiger partial charge in [-0.25, -0.2) is 0 Å². The normalized spacial score (nSPS) is 43.5. The standard InChI is InChI=1S/C9H15NO/c11-6-8-5-7-3-1-2-4-9(7)10-8/h6-10H,1-5H2/t7?,8?,9-/m0/s1. The van der Waals surface area contributed by atoms with Crippen LogP contribution in [-0.4, -0.2) is 18.4 Å². The van der Waals surface area contributed by atoms with Gasteiger partial charge in [0.25, 0.3) is 0 Å². The number of aldehydes is 1. The predicted molar refractivity (Wildman–Crippen MR) is 43.4 cm³/mol. The Labute approximate surface area is 67.4 Å². The molecule has 0 aromatic heterocycles. The molecule has 2 unspecified atom stereocenters. The highest BCUT2D eigenvalue weighted by Crippen LogP contribution is 2.32. The molecule has 1 saturated heterocycles. The summed E-state index contributed by atoms with van der Waals surface area (Å²) in [5.74, 6) is 0.805. The van der Waals surface area contributed by atoms with Gasteiger partial charge in [0.1, 0.15) is 6.29 Å². The molecule has 2 heteroatoms. The van der Waals surface area contributed by atoms with E-state index in [2.05, 4.69) is 5.32 Å². The molecule has 0 aromatic carbocycles. The van der Waals surface area contributed by atoms with E-state index in [4.69, 9.17) is 0 Å². The van der Waals surface area contributed by atoms with E-state index >= 15 is 0 Å². The summed E-state index contributed by atoms with van der Waals surface area (Å²) in [6.07, 6.45) is 7.50. The third-order valence-electron chi connectivity index (χ3n) is 3.06. The summed E-state index contributed by atoms with van der Waals surface area (Å²) in [4.78, 5) is 10.5. The summed E-state index contributed by atoms with van der Waals surface area (Å²) in [6, 6.07) is 0.835. The minimum absolute atomic E-state index is 0.170. The van der Waals surface area contributed by atoms with Crippen LogP contribution < -0.4 is 5.32 Å². The van der Waals surface area contributed by atoms with Crippen molar-refractivity contribution in [3.05, 3.63) is 0 Å². The molecule has 1 aliphatic heterocycles. The number of carbonyl (C=O) groups is 1. The number of hydrogen-bond donors (Lipinski definition) is 1. The first kappa shape index (κ1) is 7.29. The molecule has 1 saturated carbocycles. The van der Waals surface area contributed by atoms with Crippen LogP contribution in [0.2, 0.25) is 0 Å². The van der Waals surface area contributed by atoms with Crippen molar-refractivity contribution in [3.8, 4) is 0 Å². The smallest absolute Gasteiger partial charge is 0.136 e. The second-order valence-electron chi connectivity index (χ2n) is 3.80. The highest BCUT2D eigenvalue weighted by molar-refractivity contribution is 5.58. The van der Waals surface area contributed by atoms with Crippen LogP contribution in [0, 0.1) is 5.92 Å². The van der Waals surface area contributed by atoms with Gasteiger partial charge in [-0.15, -0.1) is 0 Å². The first-order valence-electron chi connectivity index (χ1n) is 4.61. The lowest BCUT2D eigenvalue weighted by Crippen LogP contribution is -2.33. The summed E-state index contributed by atoms with van der Waals surface area (Å²) in [5, 5.41) is 3.37. The fourth-order valence-electron chi connectivity index (χ4n) is 2.47. The lowest BCUT2D eigenvalue weighted by Gasteiger charge is -2.24. The van der Waals surface area contributed by atoms with Crippen molar-refractivity contribution in [2.45, 2.75) is 44.2 Å². The van der Waals surface area contributed by atoms with Gasteiger partial charge >= 0.3 is 0 Å². The molecule has 1 N–H and O–H groups in total. The van der Waals surface area contributed by atoms with E-state index in [0.717, 1.165) is 18.6 Å². The van der Waals surface area contributed by atoms with Gasteiger partial charge < -0.3 is 10.1 Å². The molecule has 2 rings (SSSR count). The van der Waals surface area contributed by atoms with Crippen LogP contribution in [0.5, 0.6) is 0 Å². The second kappa shape index (κ2) is 2.94. The summed E-state index contributed by atoms with van der Waals surface area (Å²) >= 11 is 0. The topological polar surface area (TPSA) is 29.1 Å². The SMILES string of the molecule is O=CC1CC2CCCC[C@@H]2N1. The molecule has 11 heavy (non-hydrogen) atoms. The molecule has 0 aromatic rings. The molecule has 0 amide bonds. The Kier molecular flexibility index (Phi) is 1.95. The third kappa shape index (κ3) is 1.32. The Morgan fingerprint density at radius 3 is 2.82 bits per heavy atom. The number of nitrogens with one attached hydrogen (secondary N) is 1. The molecule has 2 nitrogen and oxygen atoms in total. The first-order chi connectivity index (χ1) is 5.40. The van der Waals surface area contributed by atoms with Crippen molar-refractivity contribution in [3.63, 3.8) is 0 Å². The number of carbonyl (C=O) groups excluding carboxylic acids is 1. The predicted octanol–water partition coefficient (Wildman–Crippen LogP) is 1.11. The molecule has 62 valence electrons. The van der Waals surface area contributed by atoms with Gasteiger partial charge in [0.2, 0.25) is 0 Å². The van der Waals surface area contributed by atoms with E-state index in [-0.39, 0.29) is 6.04 Å². The van der Waals surface area contributed by atoms with E-state index < -0.39 is 0 Å². The van der Waals surface area contributed by atoms with Crippen LogP contribution in [0.4, 0.5) is 0 Å². The van der Waals surface area contributed by atoms with Gasteiger partial charge in [0, 0.05) is 6.04 Å². The molecule has 0 radical (unpaired) electrons. The minimum Gasteiger partial charge on any atom is -0.305 e. The highest BCUT2D eigenvalue weighted by atomic mass is 16.1. The minimum atomic E-state index is 0.170. The van der Waals surface area contributed by atoms with Crippen molar-refractivity contribution in [2.75, 3.05) is 0 Å². The molecule has 1 heterocycles. The Morgan fingerprint density at radius 1 is 1.27 bits per heavy atom. The maximum absolute atomic E-state index is 10.5. The van der Waals surface area contributed by atoms with Gasteiger partial charge in [-0.3, -0.25) is 0 Å². The Hall–Kier alpha value is -0.370. The number of hydrogen-bond acceptors (Lipinski definition) is 2. The lowest BCUT2D eigenvalue weighted by atomic mass is 9.85. The van der Waals surface area contributed by atoms with Crippen LogP contribution in [0.25, 0.3) is 0 Å². The van der Waals surface area contributed by atoms with Gasteiger partial charge in [-0.1, -0.05) is 12.8 Å². The van der Waals surface area contributed by atoms with E-state index in [0.29, 0.717) is 6.04 Å². The average molecular weight is 153 g/mol. The molecule has 3 atom stereocenters. The zero-order valence-electron chi connectivity index (χ0n) is 6.75. The van der Waals surface area contributed by atoms with Gasteiger partial charge in [0.15, 0.2) is 0 Å². The van der Waals surface area contributed by atoms with Gasteiger partial charge in [-0.05, 0) is 25.2 Å². The molecule has 2 aliphatic rings. The van der Waals surface area contributed by atoms with E-state index in [1.807, 2.05) is 0 Å². The van der Waals surface area contributed by atoms with Crippen LogP contribution in [0.15, 0.2) is 0 Å². The molecular weight excluding hydrogens is 138 g/mol. The van der Waals surface area contributed by atoms with Gasteiger partial charge in [0.05, 0.1) is 6.04 Å². The van der Waals surface area contributed by atoms with Crippen LogP contribution in [-0.2, 0) is 4.79 Å². The van der Waals surface area contributed by atoms with Crippen molar-refractivity contribution in [1.82, 2.24) is 5.32 Å². The van der Waals surface area contributed by atoms with Crippen LogP contribution in [0.1, 0.15) is 32.1 Å². The summed E-state index contributed by atoms with van der Waals surface area (Å²) in [6.45, 7) is 0. The fourth-order valence-corrected chi connectivity index (χ4v) is 2.47. The van der Waals surface area contributed by atoms with E-state index in [1.165, 1.54) is 25.7 Å². The Morgan fingerprint density at radius 2 is 2.09 bits per heavy atom. The zero-order chi connectivity index (χ0) is 7.68. The highest BCUT2D eigenvalue weighted by Gasteiger charge is 2.34. The Bertz CT molecular complexity index is 144. The second-order valence-corrected chi connectivity index (χ2v) is 3.80. The maximum Gasteiger partial charge on any atom is 0.136 e. The van der Waals surface area contributed by atoms with Crippen molar-refractivity contribution >= 4 is 6.29 Å². The van der Waals surface area contributed by atoms with Crippen LogP contribution in [0.3, 0.4) is 0 Å². The quantitative estimate of drug-likeness (QED) is 0.572. The number of fused-ring (bicyclic) bond motifs is 1. The monoisotopic (exact) mass is 153 g/mol. The van der Waals surface area contributed by atoms with Crippen molar-refractivity contribution in [1.29, 1.82) is 0 Å². The molecule has 2 fully saturated rings. The van der Waals surface area contributed by atoms with Crippen molar-refractivity contribution < 1.29 is 4.79 Å². The average Bonchev–Trinajstić information content (AvgIpc) is 2.46. The maximum atomic E-state index is 10.5. The van der Waals surface area contributed by atoms with Crippen LogP contribution >= 0.6 is 0 Å². The Balaban J connectivity index is 1.97. The van der Waals surface area contributed by atoms with Gasteiger partial charge in [-0.2, -0.15) is 0 Å². The summed E-state index contributed by atoms with van der Waals surface area (Å²) < 4.78 is 0. The number of rotatable bonds is 1. The van der Waals surface area contributed by atoms with Crippen molar-refractivity contribution in [2.24, 2.45) is 5.92 Å². The molecule has 1 aliphatic carbocycles. The van der Waals surface area contributed by atoms with E-state index in [9.17, 15) is 4.79 Å². The summed E-state index contributed by atoms with van der Waals surface area (Å²) in [7, 11) is 0. The van der Waals surface area contributed by atoms with E-state index in [1.54, 1.807) is 0 Å². The fraction of sp³-hybridized carbons (Fsp3) is 0.889.